The summed E-state index contributed by atoms with van der Waals surface area (Å²) in [7, 11) is 0. The number of hydrogen-bond acceptors (Lipinski definition) is 5. The average molecular weight is 522 g/mol. The highest BCUT2D eigenvalue weighted by Gasteiger charge is 2.35. The van der Waals surface area contributed by atoms with E-state index in [4.69, 9.17) is 21.3 Å². The molecule has 1 saturated heterocycles. The first-order valence-electron chi connectivity index (χ1n) is 11.9. The fourth-order valence-corrected chi connectivity index (χ4v) is 5.05. The molecule has 4 rings (SSSR count). The van der Waals surface area contributed by atoms with Crippen molar-refractivity contribution in [3.05, 3.63) is 89.4 Å². The SMILES string of the molecule is CCOc1ccc(NC(=O)C2CC(=O)N(CCCc3ccccc3)C(=Nc3ccc(Cl)cc3)S2)cc1. The maximum atomic E-state index is 13.2. The molecule has 1 atom stereocenters. The molecule has 3 aromatic rings. The minimum Gasteiger partial charge on any atom is -0.494 e. The van der Waals surface area contributed by atoms with Crippen LogP contribution in [-0.2, 0) is 16.0 Å². The fourth-order valence-electron chi connectivity index (χ4n) is 3.80. The Kier molecular flexibility index (Phi) is 9.03. The Balaban J connectivity index is 1.48. The highest BCUT2D eigenvalue weighted by atomic mass is 35.5. The number of ether oxygens (including phenoxy) is 1. The maximum Gasteiger partial charge on any atom is 0.238 e. The molecule has 36 heavy (non-hydrogen) atoms. The third-order valence-electron chi connectivity index (χ3n) is 5.61. The summed E-state index contributed by atoms with van der Waals surface area (Å²) in [5, 5.41) is 3.46. The summed E-state index contributed by atoms with van der Waals surface area (Å²) in [5.41, 5.74) is 2.55. The average Bonchev–Trinajstić information content (AvgIpc) is 2.88. The molecular weight excluding hydrogens is 494 g/mol. The quantitative estimate of drug-likeness (QED) is 0.357. The van der Waals surface area contributed by atoms with E-state index in [1.165, 1.54) is 17.3 Å². The number of aliphatic imine (C=N–C) groups is 1. The fraction of sp³-hybridized carbons (Fsp3) is 0.250. The molecule has 6 nitrogen and oxygen atoms in total. The Bertz CT molecular complexity index is 1200. The molecule has 1 heterocycles. The van der Waals surface area contributed by atoms with Gasteiger partial charge in [-0.1, -0.05) is 53.7 Å². The van der Waals surface area contributed by atoms with Crippen molar-refractivity contribution in [2.45, 2.75) is 31.4 Å². The van der Waals surface area contributed by atoms with Crippen LogP contribution in [0.3, 0.4) is 0 Å². The van der Waals surface area contributed by atoms with Gasteiger partial charge in [-0.25, -0.2) is 4.99 Å². The number of rotatable bonds is 9. The second-order valence-electron chi connectivity index (χ2n) is 8.26. The van der Waals surface area contributed by atoms with E-state index in [0.29, 0.717) is 34.7 Å². The van der Waals surface area contributed by atoms with Crippen LogP contribution in [-0.4, -0.2) is 40.3 Å². The van der Waals surface area contributed by atoms with Gasteiger partial charge in [-0.2, -0.15) is 0 Å². The lowest BCUT2D eigenvalue weighted by Crippen LogP contribution is -2.45. The minimum absolute atomic E-state index is 0.110. The summed E-state index contributed by atoms with van der Waals surface area (Å²) < 4.78 is 5.46. The van der Waals surface area contributed by atoms with Gasteiger partial charge in [0.1, 0.15) is 11.0 Å². The van der Waals surface area contributed by atoms with Crippen molar-refractivity contribution >= 4 is 51.7 Å². The standard InChI is InChI=1S/C28H28ClN3O3S/c1-2-35-24-16-14-22(15-17-24)30-27(34)25-19-26(33)32(18-6-9-20-7-4-3-5-8-20)28(36-25)31-23-12-10-21(29)11-13-23/h3-5,7-8,10-17,25H,2,6,9,18-19H2,1H3,(H,30,34). The normalized spacial score (nSPS) is 16.7. The maximum absolute atomic E-state index is 13.2. The van der Waals surface area contributed by atoms with Gasteiger partial charge in [0.05, 0.1) is 12.3 Å². The lowest BCUT2D eigenvalue weighted by atomic mass is 10.1. The van der Waals surface area contributed by atoms with Gasteiger partial charge in [0.2, 0.25) is 11.8 Å². The molecule has 1 aliphatic heterocycles. The number of anilines is 1. The van der Waals surface area contributed by atoms with Gasteiger partial charge in [0.25, 0.3) is 0 Å². The lowest BCUT2D eigenvalue weighted by molar-refractivity contribution is -0.129. The second kappa shape index (κ2) is 12.6. The first-order chi connectivity index (χ1) is 17.5. The number of thioether (sulfide) groups is 1. The van der Waals surface area contributed by atoms with Crippen molar-refractivity contribution in [3.8, 4) is 5.75 Å². The number of carbonyl (C=O) groups excluding carboxylic acids is 2. The summed E-state index contributed by atoms with van der Waals surface area (Å²) in [4.78, 5) is 32.7. The Labute approximate surface area is 220 Å². The summed E-state index contributed by atoms with van der Waals surface area (Å²) in [5.74, 6) is 0.396. The third kappa shape index (κ3) is 7.12. The van der Waals surface area contributed by atoms with E-state index in [9.17, 15) is 9.59 Å². The van der Waals surface area contributed by atoms with E-state index >= 15 is 0 Å². The van der Waals surface area contributed by atoms with Gasteiger partial charge >= 0.3 is 0 Å². The molecule has 1 fully saturated rings. The Morgan fingerprint density at radius 2 is 1.81 bits per heavy atom. The molecule has 0 spiro atoms. The van der Waals surface area contributed by atoms with Crippen LogP contribution >= 0.6 is 23.4 Å². The molecule has 0 radical (unpaired) electrons. The lowest BCUT2D eigenvalue weighted by Gasteiger charge is -2.32. The van der Waals surface area contributed by atoms with Gasteiger partial charge in [-0.15, -0.1) is 0 Å². The molecule has 0 aliphatic carbocycles. The van der Waals surface area contributed by atoms with E-state index in [2.05, 4.69) is 17.4 Å². The third-order valence-corrected chi connectivity index (χ3v) is 7.05. The molecular formula is C28H28ClN3O3S. The van der Waals surface area contributed by atoms with Crippen molar-refractivity contribution in [2.24, 2.45) is 4.99 Å². The molecule has 186 valence electrons. The van der Waals surface area contributed by atoms with Crippen molar-refractivity contribution in [2.75, 3.05) is 18.5 Å². The van der Waals surface area contributed by atoms with E-state index < -0.39 is 5.25 Å². The molecule has 0 aromatic heterocycles. The van der Waals surface area contributed by atoms with Gasteiger partial charge in [0.15, 0.2) is 5.17 Å². The Morgan fingerprint density at radius 3 is 2.50 bits per heavy atom. The van der Waals surface area contributed by atoms with Gasteiger partial charge < -0.3 is 10.1 Å². The molecule has 3 aromatic carbocycles. The van der Waals surface area contributed by atoms with E-state index in [-0.39, 0.29) is 18.2 Å². The first kappa shape index (κ1) is 25.8. The number of aryl methyl sites for hydroxylation is 1. The van der Waals surface area contributed by atoms with Crippen molar-refractivity contribution in [3.63, 3.8) is 0 Å². The number of nitrogens with zero attached hydrogens (tertiary/aromatic N) is 2. The zero-order valence-electron chi connectivity index (χ0n) is 20.0. The van der Waals surface area contributed by atoms with Crippen LogP contribution in [0.5, 0.6) is 5.75 Å². The zero-order chi connectivity index (χ0) is 25.3. The van der Waals surface area contributed by atoms with Gasteiger partial charge in [-0.05, 0) is 73.9 Å². The molecule has 0 bridgehead atoms. The number of hydrogen-bond donors (Lipinski definition) is 1. The van der Waals surface area contributed by atoms with E-state index in [1.54, 1.807) is 53.4 Å². The predicted octanol–water partition coefficient (Wildman–Crippen LogP) is 6.33. The predicted molar refractivity (Wildman–Crippen MR) is 147 cm³/mol. The Hall–Kier alpha value is -3.29. The topological polar surface area (TPSA) is 71.0 Å². The van der Waals surface area contributed by atoms with Crippen LogP contribution in [0.2, 0.25) is 5.02 Å². The Morgan fingerprint density at radius 1 is 1.08 bits per heavy atom. The number of benzene rings is 3. The summed E-state index contributed by atoms with van der Waals surface area (Å²) in [6, 6.07) is 24.5. The largest absolute Gasteiger partial charge is 0.494 e. The van der Waals surface area contributed by atoms with Crippen molar-refractivity contribution in [1.82, 2.24) is 4.90 Å². The van der Waals surface area contributed by atoms with Gasteiger partial charge in [-0.3, -0.25) is 14.5 Å². The van der Waals surface area contributed by atoms with Crippen LogP contribution in [0.1, 0.15) is 25.3 Å². The van der Waals surface area contributed by atoms with E-state index in [0.717, 1.165) is 18.6 Å². The highest BCUT2D eigenvalue weighted by Crippen LogP contribution is 2.31. The van der Waals surface area contributed by atoms with Crippen LogP contribution < -0.4 is 10.1 Å². The smallest absolute Gasteiger partial charge is 0.238 e. The summed E-state index contributed by atoms with van der Waals surface area (Å²) >= 11 is 7.34. The van der Waals surface area contributed by atoms with Crippen LogP contribution in [0.4, 0.5) is 11.4 Å². The minimum atomic E-state index is -0.583. The molecule has 2 amide bonds. The molecule has 8 heteroatoms. The monoisotopic (exact) mass is 521 g/mol. The van der Waals surface area contributed by atoms with Crippen LogP contribution in [0, 0.1) is 0 Å². The summed E-state index contributed by atoms with van der Waals surface area (Å²) in [6.45, 7) is 3.02. The molecule has 1 aliphatic rings. The van der Waals surface area contributed by atoms with Crippen LogP contribution in [0.15, 0.2) is 83.9 Å². The van der Waals surface area contributed by atoms with E-state index in [1.807, 2.05) is 25.1 Å². The summed E-state index contributed by atoms with van der Waals surface area (Å²) in [6.07, 6.45) is 1.75. The number of nitrogens with one attached hydrogen (secondary N) is 1. The number of carbonyl (C=O) groups is 2. The molecule has 0 saturated carbocycles. The van der Waals surface area contributed by atoms with Crippen LogP contribution in [0.25, 0.3) is 0 Å². The van der Waals surface area contributed by atoms with Crippen molar-refractivity contribution in [1.29, 1.82) is 0 Å². The highest BCUT2D eigenvalue weighted by molar-refractivity contribution is 8.15. The molecule has 1 unspecified atom stereocenters. The van der Waals surface area contributed by atoms with Crippen molar-refractivity contribution < 1.29 is 14.3 Å². The number of amidine groups is 1. The first-order valence-corrected chi connectivity index (χ1v) is 13.2. The number of halogens is 1. The second-order valence-corrected chi connectivity index (χ2v) is 9.87. The number of amides is 2. The zero-order valence-corrected chi connectivity index (χ0v) is 21.6. The molecule has 1 N–H and O–H groups in total. The van der Waals surface area contributed by atoms with Gasteiger partial charge in [0, 0.05) is 23.7 Å².